The van der Waals surface area contributed by atoms with Crippen molar-refractivity contribution in [1.82, 2.24) is 19.6 Å². The number of nitrogens with zero attached hydrogens (tertiary/aromatic N) is 2. The molecule has 3 N–H and O–H groups in total. The van der Waals surface area contributed by atoms with Crippen LogP contribution in [0.1, 0.15) is 51.4 Å². The number of aliphatic hydroxyl groups excluding tert-OH is 1. The highest BCUT2D eigenvalue weighted by molar-refractivity contribution is 7.89. The molecule has 0 bridgehead atoms. The van der Waals surface area contributed by atoms with Crippen molar-refractivity contribution in [1.29, 1.82) is 0 Å². The van der Waals surface area contributed by atoms with Gasteiger partial charge in [0, 0.05) is 19.8 Å². The van der Waals surface area contributed by atoms with E-state index < -0.39 is 22.2 Å². The number of hydrogen-bond acceptors (Lipinski definition) is 6. The molecule has 1 saturated heterocycles. The second kappa shape index (κ2) is 10.0. The molecule has 0 spiro atoms. The number of ether oxygens (including phenoxy) is 1. The molecule has 1 aliphatic heterocycles. The first-order valence-electron chi connectivity index (χ1n) is 10.4. The number of hydrogen-bond donors (Lipinski definition) is 3. The Morgan fingerprint density at radius 2 is 2.03 bits per heavy atom. The lowest BCUT2D eigenvalue weighted by atomic mass is 9.89. The zero-order valence-corrected chi connectivity index (χ0v) is 17.7. The van der Waals surface area contributed by atoms with Crippen LogP contribution in [-0.2, 0) is 26.6 Å². The Bertz CT molecular complexity index is 775. The number of imidazole rings is 1. The van der Waals surface area contributed by atoms with E-state index >= 15 is 0 Å². The van der Waals surface area contributed by atoms with Crippen molar-refractivity contribution in [2.45, 2.75) is 74.6 Å². The Kier molecular flexibility index (Phi) is 7.66. The molecule has 164 valence electrons. The first kappa shape index (κ1) is 22.2. The zero-order valence-electron chi connectivity index (χ0n) is 16.9. The second-order valence-electron chi connectivity index (χ2n) is 8.17. The number of carbonyl (C=O) groups is 1. The number of sulfonamides is 1. The number of nitrogens with one attached hydrogen (secondary N) is 2. The van der Waals surface area contributed by atoms with Gasteiger partial charge in [-0.25, -0.2) is 18.1 Å². The molecule has 1 amide bonds. The van der Waals surface area contributed by atoms with E-state index in [0.29, 0.717) is 25.3 Å². The summed E-state index contributed by atoms with van der Waals surface area (Å²) in [4.78, 5) is 16.1. The smallest absolute Gasteiger partial charge is 0.259 e. The van der Waals surface area contributed by atoms with Crippen molar-refractivity contribution in [2.24, 2.45) is 13.0 Å². The van der Waals surface area contributed by atoms with E-state index in [1.165, 1.54) is 44.6 Å². The molecule has 1 aromatic rings. The van der Waals surface area contributed by atoms with E-state index in [1.54, 1.807) is 11.6 Å². The Labute approximate surface area is 172 Å². The summed E-state index contributed by atoms with van der Waals surface area (Å²) in [7, 11) is -2.11. The molecule has 3 atom stereocenters. The lowest BCUT2D eigenvalue weighted by Crippen LogP contribution is -2.51. The summed E-state index contributed by atoms with van der Waals surface area (Å²) >= 11 is 0. The van der Waals surface area contributed by atoms with Crippen LogP contribution in [0.2, 0.25) is 0 Å². The van der Waals surface area contributed by atoms with Crippen molar-refractivity contribution in [3.05, 3.63) is 12.5 Å². The standard InChI is InChI=1S/C19H32N4O5S/c1-23-11-19(21-13-23)29(26,27)22-16-8-7-15(28-17(16)12-24)9-18(25)20-10-14-5-3-2-4-6-14/h11,13-17,22,24H,2-10,12H2,1H3,(H,20,25)/t15-,16+,17+/m0/s1. The molecule has 29 heavy (non-hydrogen) atoms. The van der Waals surface area contributed by atoms with Crippen molar-refractivity contribution in [2.75, 3.05) is 13.2 Å². The first-order valence-corrected chi connectivity index (χ1v) is 11.9. The van der Waals surface area contributed by atoms with Crippen molar-refractivity contribution < 1.29 is 23.1 Å². The highest BCUT2D eigenvalue weighted by Gasteiger charge is 2.35. The van der Waals surface area contributed by atoms with Gasteiger partial charge in [0.1, 0.15) is 0 Å². The first-order chi connectivity index (χ1) is 13.9. The van der Waals surface area contributed by atoms with Gasteiger partial charge >= 0.3 is 0 Å². The minimum Gasteiger partial charge on any atom is -0.394 e. The van der Waals surface area contributed by atoms with Crippen LogP contribution in [0, 0.1) is 5.92 Å². The Balaban J connectivity index is 1.48. The van der Waals surface area contributed by atoms with Gasteiger partial charge in [-0.05, 0) is 31.6 Å². The molecular formula is C19H32N4O5S. The van der Waals surface area contributed by atoms with Crippen LogP contribution >= 0.6 is 0 Å². The average molecular weight is 429 g/mol. The monoisotopic (exact) mass is 428 g/mol. The summed E-state index contributed by atoms with van der Waals surface area (Å²) in [5, 5.41) is 12.6. The second-order valence-corrected chi connectivity index (χ2v) is 9.83. The van der Waals surface area contributed by atoms with Gasteiger partial charge in [0.25, 0.3) is 10.0 Å². The third-order valence-electron chi connectivity index (χ3n) is 5.78. The SMILES string of the molecule is Cn1cnc(S(=O)(=O)N[C@@H]2CC[C@@H](CC(=O)NCC3CCCCC3)O[C@@H]2CO)c1. The summed E-state index contributed by atoms with van der Waals surface area (Å²) in [5.74, 6) is 0.514. The molecule has 0 unspecified atom stereocenters. The van der Waals surface area contributed by atoms with Crippen LogP contribution < -0.4 is 10.0 Å². The number of aryl methyl sites for hydroxylation is 1. The van der Waals surface area contributed by atoms with Crippen LogP contribution in [-0.4, -0.2) is 60.4 Å². The van der Waals surface area contributed by atoms with Gasteiger partial charge < -0.3 is 19.7 Å². The number of aromatic nitrogens is 2. The molecular weight excluding hydrogens is 396 g/mol. The predicted octanol–water partition coefficient (Wildman–Crippen LogP) is 0.694. The fourth-order valence-corrected chi connectivity index (χ4v) is 5.41. The van der Waals surface area contributed by atoms with Gasteiger partial charge in [-0.3, -0.25) is 4.79 Å². The van der Waals surface area contributed by atoms with Crippen LogP contribution in [0.25, 0.3) is 0 Å². The van der Waals surface area contributed by atoms with Crippen LogP contribution in [0.15, 0.2) is 17.6 Å². The largest absolute Gasteiger partial charge is 0.394 e. The highest BCUT2D eigenvalue weighted by Crippen LogP contribution is 2.24. The maximum absolute atomic E-state index is 12.5. The Morgan fingerprint density at radius 3 is 2.69 bits per heavy atom. The topological polar surface area (TPSA) is 123 Å². The fourth-order valence-electron chi connectivity index (χ4n) is 4.13. The summed E-state index contributed by atoms with van der Waals surface area (Å²) in [6.45, 7) is 0.386. The Hall–Kier alpha value is -1.49. The lowest BCUT2D eigenvalue weighted by Gasteiger charge is -2.35. The molecule has 2 aliphatic rings. The predicted molar refractivity (Wildman–Crippen MR) is 107 cm³/mol. The third-order valence-corrected chi connectivity index (χ3v) is 7.16. The number of aliphatic hydroxyl groups is 1. The normalized spacial score (nSPS) is 26.3. The molecule has 10 heteroatoms. The van der Waals surface area contributed by atoms with Gasteiger partial charge in [0.05, 0.1) is 37.6 Å². The van der Waals surface area contributed by atoms with Crippen molar-refractivity contribution in [3.63, 3.8) is 0 Å². The van der Waals surface area contributed by atoms with Gasteiger partial charge in [-0.15, -0.1) is 0 Å². The molecule has 1 aromatic heterocycles. The van der Waals surface area contributed by atoms with E-state index in [9.17, 15) is 18.3 Å². The molecule has 9 nitrogen and oxygen atoms in total. The Morgan fingerprint density at radius 1 is 1.28 bits per heavy atom. The summed E-state index contributed by atoms with van der Waals surface area (Å²) in [6.07, 6.45) is 9.16. The van der Waals surface area contributed by atoms with Crippen LogP contribution in [0.4, 0.5) is 0 Å². The third kappa shape index (κ3) is 6.24. The highest BCUT2D eigenvalue weighted by atomic mass is 32.2. The minimum atomic E-state index is -3.80. The quantitative estimate of drug-likeness (QED) is 0.560. The maximum Gasteiger partial charge on any atom is 0.259 e. The molecule has 0 aromatic carbocycles. The summed E-state index contributed by atoms with van der Waals surface area (Å²) in [5.41, 5.74) is 0. The van der Waals surface area contributed by atoms with Gasteiger partial charge in [0.15, 0.2) is 5.03 Å². The van der Waals surface area contributed by atoms with Crippen LogP contribution in [0.3, 0.4) is 0 Å². The van der Waals surface area contributed by atoms with Crippen LogP contribution in [0.5, 0.6) is 0 Å². The average Bonchev–Trinajstić information content (AvgIpc) is 3.15. The summed E-state index contributed by atoms with van der Waals surface area (Å²) < 4.78 is 34.9. The number of amides is 1. The van der Waals surface area contributed by atoms with E-state index in [4.69, 9.17) is 4.74 Å². The lowest BCUT2D eigenvalue weighted by molar-refractivity contribution is -0.130. The van der Waals surface area contributed by atoms with E-state index in [0.717, 1.165) is 0 Å². The maximum atomic E-state index is 12.5. The van der Waals surface area contributed by atoms with E-state index in [2.05, 4.69) is 15.0 Å². The van der Waals surface area contributed by atoms with Gasteiger partial charge in [0.2, 0.25) is 5.91 Å². The van der Waals surface area contributed by atoms with Crippen molar-refractivity contribution >= 4 is 15.9 Å². The molecule has 2 heterocycles. The number of rotatable bonds is 8. The van der Waals surface area contributed by atoms with Crippen molar-refractivity contribution in [3.8, 4) is 0 Å². The fraction of sp³-hybridized carbons (Fsp3) is 0.789. The van der Waals surface area contributed by atoms with E-state index in [1.807, 2.05) is 0 Å². The molecule has 3 rings (SSSR count). The summed E-state index contributed by atoms with van der Waals surface area (Å²) in [6, 6.07) is -0.562. The molecule has 1 aliphatic carbocycles. The van der Waals surface area contributed by atoms with E-state index in [-0.39, 0.29) is 30.1 Å². The van der Waals surface area contributed by atoms with Gasteiger partial charge in [-0.1, -0.05) is 19.3 Å². The molecule has 0 radical (unpaired) electrons. The molecule has 1 saturated carbocycles. The van der Waals surface area contributed by atoms with Gasteiger partial charge in [-0.2, -0.15) is 0 Å². The minimum absolute atomic E-state index is 0.0511. The number of carbonyl (C=O) groups excluding carboxylic acids is 1. The molecule has 2 fully saturated rings. The zero-order chi connectivity index (χ0) is 20.9.